The van der Waals surface area contributed by atoms with Crippen molar-refractivity contribution in [3.8, 4) is 0 Å². The Labute approximate surface area is 110 Å². The molecule has 0 aliphatic carbocycles. The minimum absolute atomic E-state index is 0.268. The molecule has 7 heteroatoms. The van der Waals surface area contributed by atoms with Gasteiger partial charge in [-0.15, -0.1) is 0 Å². The summed E-state index contributed by atoms with van der Waals surface area (Å²) in [5.41, 5.74) is -1.29. The van der Waals surface area contributed by atoms with Gasteiger partial charge in [-0.05, 0) is 26.0 Å². The summed E-state index contributed by atoms with van der Waals surface area (Å²) in [4.78, 5) is 22.6. The number of carboxylic acid groups (broad SMARTS) is 1. The van der Waals surface area contributed by atoms with Crippen molar-refractivity contribution in [1.82, 2.24) is 0 Å². The second-order valence-corrected chi connectivity index (χ2v) is 4.93. The maximum absolute atomic E-state index is 11.0. The summed E-state index contributed by atoms with van der Waals surface area (Å²) in [6, 6.07) is 3.84. The Morgan fingerprint density at radius 3 is 2.47 bits per heavy atom. The topological polar surface area (TPSA) is 104 Å². The molecule has 0 aliphatic rings. The van der Waals surface area contributed by atoms with Crippen LogP contribution in [-0.4, -0.2) is 40.3 Å². The molecule has 0 heterocycles. The Kier molecular flexibility index (Phi) is 4.10. The maximum atomic E-state index is 11.0. The van der Waals surface area contributed by atoms with Gasteiger partial charge in [0.25, 0.3) is 5.69 Å². The number of aliphatic hydroxyl groups is 1. The van der Waals surface area contributed by atoms with Crippen molar-refractivity contribution < 1.29 is 19.9 Å². The molecule has 0 amide bonds. The molecule has 7 nitrogen and oxygen atoms in total. The lowest BCUT2D eigenvalue weighted by Crippen LogP contribution is -2.36. The number of hydrogen-bond donors (Lipinski definition) is 2. The van der Waals surface area contributed by atoms with Gasteiger partial charge in [0, 0.05) is 25.3 Å². The van der Waals surface area contributed by atoms with Crippen molar-refractivity contribution in [2.45, 2.75) is 19.4 Å². The van der Waals surface area contributed by atoms with Gasteiger partial charge in [0.15, 0.2) is 0 Å². The zero-order valence-electron chi connectivity index (χ0n) is 11.0. The van der Waals surface area contributed by atoms with E-state index < -0.39 is 22.2 Å². The molecule has 0 unspecified atom stereocenters. The van der Waals surface area contributed by atoms with Crippen LogP contribution in [0, 0.1) is 10.1 Å². The molecule has 0 spiro atoms. The van der Waals surface area contributed by atoms with E-state index in [1.54, 1.807) is 25.8 Å². The molecule has 0 saturated heterocycles. The summed E-state index contributed by atoms with van der Waals surface area (Å²) in [6.45, 7) is 3.50. The van der Waals surface area contributed by atoms with E-state index in [4.69, 9.17) is 5.11 Å². The van der Waals surface area contributed by atoms with Gasteiger partial charge in [0.05, 0.1) is 10.5 Å². The third-order valence-corrected chi connectivity index (χ3v) is 2.47. The van der Waals surface area contributed by atoms with Gasteiger partial charge in [-0.1, -0.05) is 0 Å². The Balaban J connectivity index is 3.15. The van der Waals surface area contributed by atoms with Gasteiger partial charge < -0.3 is 15.1 Å². The largest absolute Gasteiger partial charge is 0.477 e. The van der Waals surface area contributed by atoms with Crippen LogP contribution in [0.3, 0.4) is 0 Å². The Hall–Kier alpha value is -2.15. The number of carbonyl (C=O) groups is 1. The summed E-state index contributed by atoms with van der Waals surface area (Å²) in [5.74, 6) is -1.36. The highest BCUT2D eigenvalue weighted by molar-refractivity contribution is 5.93. The quantitative estimate of drug-likeness (QED) is 0.619. The number of aromatic carboxylic acids is 1. The molecule has 0 atom stereocenters. The number of benzene rings is 1. The second kappa shape index (κ2) is 5.23. The highest BCUT2D eigenvalue weighted by Gasteiger charge is 2.22. The van der Waals surface area contributed by atoms with Crippen LogP contribution in [0.2, 0.25) is 0 Å². The first-order chi connectivity index (χ1) is 8.61. The van der Waals surface area contributed by atoms with Gasteiger partial charge in [-0.25, -0.2) is 4.79 Å². The van der Waals surface area contributed by atoms with E-state index in [0.717, 1.165) is 6.07 Å². The zero-order valence-corrected chi connectivity index (χ0v) is 11.0. The van der Waals surface area contributed by atoms with Gasteiger partial charge in [-0.2, -0.15) is 0 Å². The minimum Gasteiger partial charge on any atom is -0.477 e. The number of rotatable bonds is 5. The number of carboxylic acids is 1. The Bertz CT molecular complexity index is 507. The molecule has 0 fully saturated rings. The number of anilines is 1. The van der Waals surface area contributed by atoms with Crippen molar-refractivity contribution in [2.75, 3.05) is 18.5 Å². The summed E-state index contributed by atoms with van der Waals surface area (Å²) in [7, 11) is 1.67. The van der Waals surface area contributed by atoms with E-state index in [1.165, 1.54) is 12.1 Å². The van der Waals surface area contributed by atoms with Crippen molar-refractivity contribution in [2.24, 2.45) is 0 Å². The second-order valence-electron chi connectivity index (χ2n) is 4.93. The average molecular weight is 268 g/mol. The van der Waals surface area contributed by atoms with Crippen LogP contribution >= 0.6 is 0 Å². The highest BCUT2D eigenvalue weighted by Crippen LogP contribution is 2.25. The molecule has 0 saturated carbocycles. The number of nitrogens with zero attached hydrogens (tertiary/aromatic N) is 2. The number of nitro groups is 1. The molecule has 0 bridgehead atoms. The molecular weight excluding hydrogens is 252 g/mol. The third-order valence-electron chi connectivity index (χ3n) is 2.47. The molecule has 0 aromatic heterocycles. The number of hydrogen-bond acceptors (Lipinski definition) is 5. The van der Waals surface area contributed by atoms with Crippen LogP contribution in [0.5, 0.6) is 0 Å². The molecule has 1 rings (SSSR count). The van der Waals surface area contributed by atoms with Gasteiger partial charge >= 0.3 is 5.97 Å². The fraction of sp³-hybridized carbons (Fsp3) is 0.417. The van der Waals surface area contributed by atoms with Crippen molar-refractivity contribution >= 4 is 17.3 Å². The summed E-state index contributed by atoms with van der Waals surface area (Å²) in [6.07, 6.45) is 0. The number of nitro benzene ring substituents is 1. The van der Waals surface area contributed by atoms with Crippen LogP contribution in [-0.2, 0) is 0 Å². The van der Waals surface area contributed by atoms with E-state index in [9.17, 15) is 20.0 Å². The van der Waals surface area contributed by atoms with Crippen LogP contribution in [0.15, 0.2) is 18.2 Å². The van der Waals surface area contributed by atoms with Crippen LogP contribution in [0.4, 0.5) is 11.4 Å². The van der Waals surface area contributed by atoms with Crippen molar-refractivity contribution in [3.63, 3.8) is 0 Å². The normalized spacial score (nSPS) is 11.2. The van der Waals surface area contributed by atoms with Crippen LogP contribution in [0.25, 0.3) is 0 Å². The first-order valence-corrected chi connectivity index (χ1v) is 5.57. The Morgan fingerprint density at radius 1 is 1.47 bits per heavy atom. The van der Waals surface area contributed by atoms with Crippen molar-refractivity contribution in [3.05, 3.63) is 33.9 Å². The van der Waals surface area contributed by atoms with Gasteiger partial charge in [-0.3, -0.25) is 10.1 Å². The average Bonchev–Trinajstić information content (AvgIpc) is 2.25. The first-order valence-electron chi connectivity index (χ1n) is 5.57. The minimum atomic E-state index is -1.36. The molecular formula is C12H16N2O5. The van der Waals surface area contributed by atoms with E-state index in [1.807, 2.05) is 0 Å². The predicted octanol–water partition coefficient (Wildman–Crippen LogP) is 1.50. The molecule has 0 radical (unpaired) electrons. The lowest BCUT2D eigenvalue weighted by molar-refractivity contribution is -0.385. The standard InChI is InChI=1S/C12H16N2O5/c1-12(2,17)7-13(3)8-4-5-10(14(18)19)9(6-8)11(15)16/h4-6,17H,7H2,1-3H3,(H,15,16). The lowest BCUT2D eigenvalue weighted by atomic mass is 10.1. The summed E-state index contributed by atoms with van der Waals surface area (Å²) in [5, 5.41) is 29.4. The SMILES string of the molecule is CN(CC(C)(C)O)c1ccc([N+](=O)[O-])c(C(=O)O)c1. The van der Waals surface area contributed by atoms with Gasteiger partial charge in [0.1, 0.15) is 5.56 Å². The van der Waals surface area contributed by atoms with Crippen molar-refractivity contribution in [1.29, 1.82) is 0 Å². The lowest BCUT2D eigenvalue weighted by Gasteiger charge is -2.27. The third kappa shape index (κ3) is 3.92. The summed E-state index contributed by atoms with van der Waals surface area (Å²) >= 11 is 0. The molecule has 1 aromatic carbocycles. The Morgan fingerprint density at radius 2 is 2.05 bits per heavy atom. The fourth-order valence-electron chi connectivity index (χ4n) is 1.76. The van der Waals surface area contributed by atoms with E-state index in [-0.39, 0.29) is 12.1 Å². The predicted molar refractivity (Wildman–Crippen MR) is 69.6 cm³/mol. The molecule has 0 aliphatic heterocycles. The number of likely N-dealkylation sites (N-methyl/N-ethyl adjacent to an activating group) is 1. The molecule has 2 N–H and O–H groups in total. The first kappa shape index (κ1) is 14.9. The van der Waals surface area contributed by atoms with E-state index >= 15 is 0 Å². The van der Waals surface area contributed by atoms with Crippen LogP contribution < -0.4 is 4.90 Å². The van der Waals surface area contributed by atoms with E-state index in [0.29, 0.717) is 5.69 Å². The monoisotopic (exact) mass is 268 g/mol. The molecule has 1 aromatic rings. The van der Waals surface area contributed by atoms with Crippen LogP contribution in [0.1, 0.15) is 24.2 Å². The molecule has 19 heavy (non-hydrogen) atoms. The maximum Gasteiger partial charge on any atom is 0.342 e. The fourth-order valence-corrected chi connectivity index (χ4v) is 1.76. The molecule has 104 valence electrons. The highest BCUT2D eigenvalue weighted by atomic mass is 16.6. The zero-order chi connectivity index (χ0) is 14.8. The summed E-state index contributed by atoms with van der Waals surface area (Å²) < 4.78 is 0. The smallest absolute Gasteiger partial charge is 0.342 e. The van der Waals surface area contributed by atoms with E-state index in [2.05, 4.69) is 0 Å². The van der Waals surface area contributed by atoms with Gasteiger partial charge in [0.2, 0.25) is 0 Å².